The van der Waals surface area contributed by atoms with E-state index >= 15 is 0 Å². The Kier molecular flexibility index (Phi) is 3.76. The maximum atomic E-state index is 13.7. The van der Waals surface area contributed by atoms with Gasteiger partial charge >= 0.3 is 0 Å². The van der Waals surface area contributed by atoms with Crippen LogP contribution in [0.25, 0.3) is 11.2 Å². The predicted molar refractivity (Wildman–Crippen MR) is 88.7 cm³/mol. The van der Waals surface area contributed by atoms with Crippen LogP contribution in [0.4, 0.5) is 10.2 Å². The summed E-state index contributed by atoms with van der Waals surface area (Å²) < 4.78 is 19.4. The van der Waals surface area contributed by atoms with Gasteiger partial charge in [0.25, 0.3) is 0 Å². The first kappa shape index (κ1) is 14.9. The average Bonchev–Trinajstić information content (AvgIpc) is 3.22. The van der Waals surface area contributed by atoms with Gasteiger partial charge in [-0.25, -0.2) is 19.3 Å². The third-order valence-electron chi connectivity index (χ3n) is 4.30. The summed E-state index contributed by atoms with van der Waals surface area (Å²) in [6, 6.07) is 6.63. The molecule has 0 aliphatic carbocycles. The molecule has 1 fully saturated rings. The highest BCUT2D eigenvalue weighted by Crippen LogP contribution is 2.29. The van der Waals surface area contributed by atoms with Crippen LogP contribution in [0.1, 0.15) is 18.7 Å². The van der Waals surface area contributed by atoms with E-state index in [9.17, 15) is 4.39 Å². The lowest BCUT2D eigenvalue weighted by Gasteiger charge is -2.26. The number of nitrogens with one attached hydrogen (secondary N) is 1. The molecule has 1 aromatic carbocycles. The van der Waals surface area contributed by atoms with Crippen LogP contribution in [0.3, 0.4) is 0 Å². The average molecular weight is 327 g/mol. The molecule has 124 valence electrons. The van der Waals surface area contributed by atoms with E-state index in [1.54, 1.807) is 24.5 Å². The second kappa shape index (κ2) is 6.07. The topological polar surface area (TPSA) is 66.9 Å². The smallest absolute Gasteiger partial charge is 0.183 e. The molecule has 0 spiro atoms. The number of nitrogens with zero attached hydrogens (tertiary/aromatic N) is 4. The third-order valence-corrected chi connectivity index (χ3v) is 4.30. The first-order chi connectivity index (χ1) is 11.7. The fourth-order valence-corrected chi connectivity index (χ4v) is 3.17. The van der Waals surface area contributed by atoms with Crippen molar-refractivity contribution >= 4 is 17.0 Å². The number of halogens is 1. The van der Waals surface area contributed by atoms with E-state index in [4.69, 9.17) is 4.74 Å². The molecule has 0 saturated carbocycles. The fourth-order valence-electron chi connectivity index (χ4n) is 3.17. The summed E-state index contributed by atoms with van der Waals surface area (Å²) in [4.78, 5) is 18.5. The van der Waals surface area contributed by atoms with E-state index in [0.717, 1.165) is 30.7 Å². The van der Waals surface area contributed by atoms with Crippen LogP contribution in [0.5, 0.6) is 5.75 Å². The highest BCUT2D eigenvalue weighted by atomic mass is 19.1. The summed E-state index contributed by atoms with van der Waals surface area (Å²) in [6.07, 6.45) is 3.65. The van der Waals surface area contributed by atoms with Crippen LogP contribution in [0, 0.1) is 12.7 Å². The predicted octanol–water partition coefficient (Wildman–Crippen LogP) is 2.85. The van der Waals surface area contributed by atoms with Crippen LogP contribution >= 0.6 is 0 Å². The molecule has 3 heterocycles. The third kappa shape index (κ3) is 2.66. The number of imidazole rings is 1. The number of aromatic amines is 1. The number of rotatable bonds is 4. The standard InChI is InChI=1S/C17H18FN5O/c1-11-21-16-15(19-10-20-16)17(22-11)23-8-4-5-12(23)9-24-14-7-3-2-6-13(14)18/h2-3,6-7,10,12H,4-5,8-9H2,1H3,(H,19,20,21,22)/t12-/m1/s1. The fraction of sp³-hybridized carbons (Fsp3) is 0.353. The summed E-state index contributed by atoms with van der Waals surface area (Å²) in [5.74, 6) is 1.48. The van der Waals surface area contributed by atoms with E-state index in [0.29, 0.717) is 18.1 Å². The molecule has 7 heteroatoms. The highest BCUT2D eigenvalue weighted by Gasteiger charge is 2.29. The van der Waals surface area contributed by atoms with Crippen LogP contribution < -0.4 is 9.64 Å². The number of anilines is 1. The van der Waals surface area contributed by atoms with Gasteiger partial charge in [-0.1, -0.05) is 12.1 Å². The van der Waals surface area contributed by atoms with Crippen molar-refractivity contribution < 1.29 is 9.13 Å². The van der Waals surface area contributed by atoms with Gasteiger partial charge in [-0.2, -0.15) is 0 Å². The Balaban J connectivity index is 1.58. The normalized spacial score (nSPS) is 17.6. The molecule has 1 aliphatic rings. The van der Waals surface area contributed by atoms with Gasteiger partial charge in [0.2, 0.25) is 0 Å². The minimum absolute atomic E-state index is 0.144. The van der Waals surface area contributed by atoms with Crippen LogP contribution in [0.15, 0.2) is 30.6 Å². The van der Waals surface area contributed by atoms with Gasteiger partial charge < -0.3 is 14.6 Å². The second-order valence-corrected chi connectivity index (χ2v) is 5.93. The van der Waals surface area contributed by atoms with Crippen LogP contribution in [-0.2, 0) is 0 Å². The van der Waals surface area contributed by atoms with Crippen molar-refractivity contribution in [3.05, 3.63) is 42.2 Å². The maximum absolute atomic E-state index is 13.7. The monoisotopic (exact) mass is 327 g/mol. The Morgan fingerprint density at radius 2 is 2.21 bits per heavy atom. The maximum Gasteiger partial charge on any atom is 0.183 e. The van der Waals surface area contributed by atoms with Crippen molar-refractivity contribution in [3.63, 3.8) is 0 Å². The van der Waals surface area contributed by atoms with E-state index in [-0.39, 0.29) is 17.6 Å². The Hall–Kier alpha value is -2.70. The number of hydrogen-bond acceptors (Lipinski definition) is 5. The minimum Gasteiger partial charge on any atom is -0.488 e. The summed E-state index contributed by atoms with van der Waals surface area (Å²) in [6.45, 7) is 3.16. The second-order valence-electron chi connectivity index (χ2n) is 5.93. The van der Waals surface area contributed by atoms with Crippen LogP contribution in [0.2, 0.25) is 0 Å². The van der Waals surface area contributed by atoms with Gasteiger partial charge in [-0.05, 0) is 31.9 Å². The van der Waals surface area contributed by atoms with Crippen molar-refractivity contribution in [1.82, 2.24) is 19.9 Å². The summed E-state index contributed by atoms with van der Waals surface area (Å²) >= 11 is 0. The zero-order chi connectivity index (χ0) is 16.5. The SMILES string of the molecule is Cc1nc(N2CCC[C@@H]2COc2ccccc2F)c2[nH]cnc2n1. The molecule has 1 aliphatic heterocycles. The molecule has 0 amide bonds. The van der Waals surface area contributed by atoms with Crippen LogP contribution in [-0.4, -0.2) is 39.1 Å². The number of aromatic nitrogens is 4. The van der Waals surface area contributed by atoms with Crippen molar-refractivity contribution in [2.24, 2.45) is 0 Å². The molecular weight excluding hydrogens is 309 g/mol. The van der Waals surface area contributed by atoms with E-state index in [1.807, 2.05) is 6.92 Å². The van der Waals surface area contributed by atoms with Gasteiger partial charge in [-0.15, -0.1) is 0 Å². The Labute approximate surface area is 138 Å². The number of hydrogen-bond donors (Lipinski definition) is 1. The molecule has 0 unspecified atom stereocenters. The molecular formula is C17H18FN5O. The number of aryl methyl sites for hydroxylation is 1. The van der Waals surface area contributed by atoms with Crippen molar-refractivity contribution in [3.8, 4) is 5.75 Å². The quantitative estimate of drug-likeness (QED) is 0.798. The van der Waals surface area contributed by atoms with Gasteiger partial charge in [0.15, 0.2) is 23.0 Å². The summed E-state index contributed by atoms with van der Waals surface area (Å²) in [5.41, 5.74) is 1.50. The zero-order valence-corrected chi connectivity index (χ0v) is 13.4. The summed E-state index contributed by atoms with van der Waals surface area (Å²) in [7, 11) is 0. The van der Waals surface area contributed by atoms with Gasteiger partial charge in [0, 0.05) is 6.54 Å². The molecule has 1 N–H and O–H groups in total. The number of fused-ring (bicyclic) bond motifs is 1. The van der Waals surface area contributed by atoms with Crippen molar-refractivity contribution in [1.29, 1.82) is 0 Å². The van der Waals surface area contributed by atoms with Gasteiger partial charge in [0.1, 0.15) is 17.9 Å². The largest absolute Gasteiger partial charge is 0.488 e. The number of H-pyrrole nitrogens is 1. The molecule has 0 bridgehead atoms. The highest BCUT2D eigenvalue weighted by molar-refractivity contribution is 5.83. The molecule has 0 radical (unpaired) electrons. The van der Waals surface area contributed by atoms with E-state index in [2.05, 4.69) is 24.8 Å². The first-order valence-electron chi connectivity index (χ1n) is 8.04. The molecule has 1 atom stereocenters. The zero-order valence-electron chi connectivity index (χ0n) is 13.4. The molecule has 6 nitrogen and oxygen atoms in total. The molecule has 1 saturated heterocycles. The minimum atomic E-state index is -0.337. The van der Waals surface area contributed by atoms with Crippen molar-refractivity contribution in [2.45, 2.75) is 25.8 Å². The lowest BCUT2D eigenvalue weighted by Crippen LogP contribution is -2.35. The van der Waals surface area contributed by atoms with Gasteiger partial charge in [-0.3, -0.25) is 0 Å². The lowest BCUT2D eigenvalue weighted by molar-refractivity contribution is 0.275. The number of benzene rings is 1. The molecule has 4 rings (SSSR count). The number of ether oxygens (including phenoxy) is 1. The Bertz CT molecular complexity index is 865. The molecule has 3 aromatic rings. The lowest BCUT2D eigenvalue weighted by atomic mass is 10.2. The molecule has 24 heavy (non-hydrogen) atoms. The first-order valence-corrected chi connectivity index (χ1v) is 8.04. The number of para-hydroxylation sites is 1. The Morgan fingerprint density at radius 1 is 1.33 bits per heavy atom. The summed E-state index contributed by atoms with van der Waals surface area (Å²) in [5, 5.41) is 0. The van der Waals surface area contributed by atoms with E-state index in [1.165, 1.54) is 6.07 Å². The van der Waals surface area contributed by atoms with Crippen molar-refractivity contribution in [2.75, 3.05) is 18.1 Å². The van der Waals surface area contributed by atoms with Gasteiger partial charge in [0.05, 0.1) is 12.4 Å². The Morgan fingerprint density at radius 3 is 3.08 bits per heavy atom. The molecule has 2 aromatic heterocycles. The van der Waals surface area contributed by atoms with E-state index < -0.39 is 0 Å².